The van der Waals surface area contributed by atoms with E-state index in [2.05, 4.69) is 43.1 Å². The van der Waals surface area contributed by atoms with Crippen molar-refractivity contribution in [1.29, 1.82) is 0 Å². The Hall–Kier alpha value is -2.38. The maximum atomic E-state index is 12.0. The SMILES string of the molecule is COc1ccccc1C#CCNC(=O)Cc1ccc(SC(C)C)cc1. The molecular weight excluding hydrogens is 330 g/mol. The summed E-state index contributed by atoms with van der Waals surface area (Å²) in [5.74, 6) is 6.68. The molecule has 1 amide bonds. The number of ether oxygens (including phenoxy) is 1. The van der Waals surface area contributed by atoms with Crippen molar-refractivity contribution in [2.24, 2.45) is 0 Å². The molecule has 0 aliphatic carbocycles. The number of benzene rings is 2. The van der Waals surface area contributed by atoms with Crippen LogP contribution >= 0.6 is 11.8 Å². The molecule has 4 heteroatoms. The third-order valence-corrected chi connectivity index (χ3v) is 4.38. The lowest BCUT2D eigenvalue weighted by atomic mass is 10.1. The van der Waals surface area contributed by atoms with E-state index in [1.54, 1.807) is 7.11 Å². The van der Waals surface area contributed by atoms with Gasteiger partial charge in [-0.2, -0.15) is 0 Å². The van der Waals surface area contributed by atoms with Crippen LogP contribution in [0.5, 0.6) is 5.75 Å². The van der Waals surface area contributed by atoms with E-state index < -0.39 is 0 Å². The molecular formula is C21H23NO2S. The zero-order valence-electron chi connectivity index (χ0n) is 14.8. The van der Waals surface area contributed by atoms with Gasteiger partial charge in [0.1, 0.15) is 5.75 Å². The molecule has 2 aromatic carbocycles. The first-order valence-corrected chi connectivity index (χ1v) is 9.10. The van der Waals surface area contributed by atoms with Gasteiger partial charge in [0.15, 0.2) is 0 Å². The van der Waals surface area contributed by atoms with Crippen LogP contribution in [0.2, 0.25) is 0 Å². The molecule has 0 unspecified atom stereocenters. The summed E-state index contributed by atoms with van der Waals surface area (Å²) >= 11 is 1.81. The number of nitrogens with one attached hydrogen (secondary N) is 1. The Balaban J connectivity index is 1.82. The maximum Gasteiger partial charge on any atom is 0.225 e. The van der Waals surface area contributed by atoms with Crippen LogP contribution in [0.4, 0.5) is 0 Å². The lowest BCUT2D eigenvalue weighted by molar-refractivity contribution is -0.120. The average Bonchev–Trinajstić information content (AvgIpc) is 2.60. The fourth-order valence-electron chi connectivity index (χ4n) is 2.24. The summed E-state index contributed by atoms with van der Waals surface area (Å²) in [6, 6.07) is 15.7. The van der Waals surface area contributed by atoms with Crippen molar-refractivity contribution < 1.29 is 9.53 Å². The van der Waals surface area contributed by atoms with Gasteiger partial charge in [-0.05, 0) is 29.8 Å². The van der Waals surface area contributed by atoms with E-state index >= 15 is 0 Å². The highest BCUT2D eigenvalue weighted by Crippen LogP contribution is 2.22. The van der Waals surface area contributed by atoms with E-state index in [0.717, 1.165) is 16.9 Å². The molecule has 0 bridgehead atoms. The van der Waals surface area contributed by atoms with Gasteiger partial charge in [-0.15, -0.1) is 11.8 Å². The predicted octanol–water partition coefficient (Wildman–Crippen LogP) is 3.91. The van der Waals surface area contributed by atoms with Crippen LogP contribution in [0.1, 0.15) is 25.0 Å². The first-order valence-electron chi connectivity index (χ1n) is 8.22. The summed E-state index contributed by atoms with van der Waals surface area (Å²) in [5, 5.41) is 3.38. The van der Waals surface area contributed by atoms with Crippen molar-refractivity contribution in [2.45, 2.75) is 30.4 Å². The quantitative estimate of drug-likeness (QED) is 0.632. The van der Waals surface area contributed by atoms with E-state index in [4.69, 9.17) is 4.74 Å². The van der Waals surface area contributed by atoms with E-state index in [1.165, 1.54) is 4.90 Å². The number of para-hydroxylation sites is 1. The van der Waals surface area contributed by atoms with Crippen molar-refractivity contribution in [3.05, 3.63) is 59.7 Å². The number of amides is 1. The third-order valence-electron chi connectivity index (χ3n) is 3.36. The minimum Gasteiger partial charge on any atom is -0.495 e. The van der Waals surface area contributed by atoms with Crippen LogP contribution in [0.3, 0.4) is 0 Å². The van der Waals surface area contributed by atoms with Crippen LogP contribution in [-0.4, -0.2) is 24.8 Å². The molecule has 130 valence electrons. The van der Waals surface area contributed by atoms with E-state index in [9.17, 15) is 4.79 Å². The van der Waals surface area contributed by atoms with Crippen LogP contribution < -0.4 is 10.1 Å². The Morgan fingerprint density at radius 2 is 1.88 bits per heavy atom. The van der Waals surface area contributed by atoms with Gasteiger partial charge in [-0.25, -0.2) is 0 Å². The van der Waals surface area contributed by atoms with Crippen LogP contribution in [0.15, 0.2) is 53.4 Å². The number of methoxy groups -OCH3 is 1. The second-order valence-electron chi connectivity index (χ2n) is 5.77. The Morgan fingerprint density at radius 1 is 1.16 bits per heavy atom. The molecule has 25 heavy (non-hydrogen) atoms. The van der Waals surface area contributed by atoms with Crippen molar-refractivity contribution in [1.82, 2.24) is 5.32 Å². The number of hydrogen-bond acceptors (Lipinski definition) is 3. The van der Waals surface area contributed by atoms with Crippen LogP contribution in [0, 0.1) is 11.8 Å². The van der Waals surface area contributed by atoms with E-state index in [-0.39, 0.29) is 5.91 Å². The first kappa shape index (κ1) is 19.0. The highest BCUT2D eigenvalue weighted by molar-refractivity contribution is 7.99. The zero-order valence-corrected chi connectivity index (χ0v) is 15.7. The smallest absolute Gasteiger partial charge is 0.225 e. The summed E-state index contributed by atoms with van der Waals surface area (Å²) < 4.78 is 5.24. The molecule has 0 fully saturated rings. The minimum atomic E-state index is -0.0291. The number of hydrogen-bond donors (Lipinski definition) is 1. The van der Waals surface area contributed by atoms with Gasteiger partial charge in [-0.1, -0.05) is 50.0 Å². The maximum absolute atomic E-state index is 12.0. The summed E-state index contributed by atoms with van der Waals surface area (Å²) in [6.07, 6.45) is 0.364. The molecule has 0 aromatic heterocycles. The Morgan fingerprint density at radius 3 is 2.56 bits per heavy atom. The number of carbonyl (C=O) groups is 1. The van der Waals surface area contributed by atoms with Crippen molar-refractivity contribution >= 4 is 17.7 Å². The molecule has 3 nitrogen and oxygen atoms in total. The van der Waals surface area contributed by atoms with Crippen molar-refractivity contribution in [3.63, 3.8) is 0 Å². The molecule has 2 aromatic rings. The van der Waals surface area contributed by atoms with Gasteiger partial charge in [0.05, 0.1) is 25.6 Å². The molecule has 1 N–H and O–H groups in total. The van der Waals surface area contributed by atoms with Gasteiger partial charge in [0, 0.05) is 10.1 Å². The predicted molar refractivity (Wildman–Crippen MR) is 104 cm³/mol. The number of rotatable bonds is 6. The van der Waals surface area contributed by atoms with Crippen molar-refractivity contribution in [2.75, 3.05) is 13.7 Å². The van der Waals surface area contributed by atoms with Gasteiger partial charge in [0.25, 0.3) is 0 Å². The van der Waals surface area contributed by atoms with Crippen LogP contribution in [-0.2, 0) is 11.2 Å². The number of carbonyl (C=O) groups excluding carboxylic acids is 1. The summed E-state index contributed by atoms with van der Waals surface area (Å²) in [7, 11) is 1.62. The second kappa shape index (κ2) is 9.80. The summed E-state index contributed by atoms with van der Waals surface area (Å²) in [5.41, 5.74) is 1.82. The molecule has 0 spiro atoms. The normalized spacial score (nSPS) is 10.1. The molecule has 0 aliphatic heterocycles. The molecule has 2 rings (SSSR count). The molecule has 0 saturated heterocycles. The Labute approximate surface area is 154 Å². The standard InChI is InChI=1S/C21H23NO2S/c1-16(2)25-19-12-10-17(11-13-19)15-21(23)22-14-6-8-18-7-4-5-9-20(18)24-3/h4-5,7,9-13,16H,14-15H2,1-3H3,(H,22,23). The zero-order chi connectivity index (χ0) is 18.1. The lowest BCUT2D eigenvalue weighted by Crippen LogP contribution is -2.25. The molecule has 0 aliphatic rings. The monoisotopic (exact) mass is 353 g/mol. The fraction of sp³-hybridized carbons (Fsp3) is 0.286. The Bertz CT molecular complexity index is 757. The van der Waals surface area contributed by atoms with Gasteiger partial charge >= 0.3 is 0 Å². The van der Waals surface area contributed by atoms with Crippen LogP contribution in [0.25, 0.3) is 0 Å². The lowest BCUT2D eigenvalue weighted by Gasteiger charge is -2.06. The molecule has 0 heterocycles. The average molecular weight is 353 g/mol. The van der Waals surface area contributed by atoms with Gasteiger partial charge in [-0.3, -0.25) is 4.79 Å². The van der Waals surface area contributed by atoms with E-state index in [1.807, 2.05) is 48.2 Å². The van der Waals surface area contributed by atoms with Crippen molar-refractivity contribution in [3.8, 4) is 17.6 Å². The fourth-order valence-corrected chi connectivity index (χ4v) is 3.07. The summed E-state index contributed by atoms with van der Waals surface area (Å²) in [6.45, 7) is 4.65. The highest BCUT2D eigenvalue weighted by Gasteiger charge is 2.03. The topological polar surface area (TPSA) is 38.3 Å². The van der Waals surface area contributed by atoms with Gasteiger partial charge in [0.2, 0.25) is 5.91 Å². The summed E-state index contributed by atoms with van der Waals surface area (Å²) in [4.78, 5) is 13.2. The molecule has 0 saturated carbocycles. The Kier molecular flexibility index (Phi) is 7.43. The second-order valence-corrected chi connectivity index (χ2v) is 7.42. The largest absolute Gasteiger partial charge is 0.495 e. The number of thioether (sulfide) groups is 1. The third kappa shape index (κ3) is 6.56. The first-order chi connectivity index (χ1) is 12.1. The van der Waals surface area contributed by atoms with E-state index in [0.29, 0.717) is 18.2 Å². The minimum absolute atomic E-state index is 0.0291. The molecule has 0 atom stereocenters. The highest BCUT2D eigenvalue weighted by atomic mass is 32.2. The van der Waals surface area contributed by atoms with Gasteiger partial charge < -0.3 is 10.1 Å². The molecule has 0 radical (unpaired) electrons.